The van der Waals surface area contributed by atoms with Gasteiger partial charge in [-0.05, 0) is 49.8 Å². The topological polar surface area (TPSA) is 41.9 Å². The van der Waals surface area contributed by atoms with Crippen LogP contribution in [0.5, 0.6) is 5.75 Å². The monoisotopic (exact) mass is 306 g/mol. The Morgan fingerprint density at radius 3 is 2.26 bits per heavy atom. The van der Waals surface area contributed by atoms with Crippen LogP contribution in [0.1, 0.15) is 18.1 Å². The number of amidine groups is 1. The molecule has 1 aliphatic rings. The molecule has 0 spiro atoms. The second-order valence-electron chi connectivity index (χ2n) is 5.44. The molecule has 0 aliphatic carbocycles. The van der Waals surface area contributed by atoms with Gasteiger partial charge in [0.2, 0.25) is 0 Å². The zero-order valence-corrected chi connectivity index (χ0v) is 13.4. The van der Waals surface area contributed by atoms with E-state index in [-0.39, 0.29) is 5.91 Å². The molecule has 3 rings (SSSR count). The summed E-state index contributed by atoms with van der Waals surface area (Å²) in [6.07, 6.45) is 1.79. The molecule has 1 aliphatic heterocycles. The zero-order valence-electron chi connectivity index (χ0n) is 13.4. The third kappa shape index (κ3) is 3.01. The first-order chi connectivity index (χ1) is 11.1. The number of nitrogens with zero attached hydrogens (tertiary/aromatic N) is 2. The zero-order chi connectivity index (χ0) is 16.4. The van der Waals surface area contributed by atoms with Gasteiger partial charge in [-0.1, -0.05) is 29.8 Å². The molecular weight excluding hydrogens is 288 g/mol. The van der Waals surface area contributed by atoms with E-state index in [0.717, 1.165) is 22.6 Å². The van der Waals surface area contributed by atoms with Gasteiger partial charge >= 0.3 is 0 Å². The van der Waals surface area contributed by atoms with E-state index in [4.69, 9.17) is 4.74 Å². The lowest BCUT2D eigenvalue weighted by Gasteiger charge is -2.16. The molecule has 2 aromatic carbocycles. The van der Waals surface area contributed by atoms with Gasteiger partial charge in [-0.2, -0.15) is 0 Å². The smallest absolute Gasteiger partial charge is 0.282 e. The van der Waals surface area contributed by atoms with Gasteiger partial charge in [0, 0.05) is 0 Å². The van der Waals surface area contributed by atoms with Crippen molar-refractivity contribution in [3.8, 4) is 5.75 Å². The largest absolute Gasteiger partial charge is 0.497 e. The van der Waals surface area contributed by atoms with Crippen molar-refractivity contribution in [2.75, 3.05) is 12.0 Å². The summed E-state index contributed by atoms with van der Waals surface area (Å²) < 4.78 is 5.14. The summed E-state index contributed by atoms with van der Waals surface area (Å²) in [6.45, 7) is 3.86. The quantitative estimate of drug-likeness (QED) is 0.809. The van der Waals surface area contributed by atoms with Crippen LogP contribution in [0.2, 0.25) is 0 Å². The fourth-order valence-corrected chi connectivity index (χ4v) is 2.48. The average molecular weight is 306 g/mol. The maximum atomic E-state index is 12.6. The van der Waals surface area contributed by atoms with Crippen LogP contribution in [-0.2, 0) is 4.79 Å². The summed E-state index contributed by atoms with van der Waals surface area (Å²) in [5.74, 6) is 1.35. The van der Waals surface area contributed by atoms with Crippen molar-refractivity contribution in [1.29, 1.82) is 0 Å². The Morgan fingerprint density at radius 2 is 1.65 bits per heavy atom. The Bertz CT molecular complexity index is 787. The van der Waals surface area contributed by atoms with Crippen molar-refractivity contribution in [2.45, 2.75) is 13.8 Å². The van der Waals surface area contributed by atoms with Gasteiger partial charge in [-0.15, -0.1) is 0 Å². The minimum atomic E-state index is -0.109. The molecule has 0 N–H and O–H groups in total. The van der Waals surface area contributed by atoms with Crippen molar-refractivity contribution in [2.24, 2.45) is 4.99 Å². The van der Waals surface area contributed by atoms with E-state index in [2.05, 4.69) is 4.99 Å². The van der Waals surface area contributed by atoms with Crippen LogP contribution in [0.15, 0.2) is 59.2 Å². The standard InChI is InChI=1S/C19H18N2O2/c1-13-4-8-16(9-5-13)21-14(2)20-18(19(21)22)12-15-6-10-17(23-3)11-7-15/h4-12H,1-3H3. The van der Waals surface area contributed by atoms with Crippen molar-refractivity contribution in [3.05, 3.63) is 65.4 Å². The van der Waals surface area contributed by atoms with Gasteiger partial charge in [-0.3, -0.25) is 9.69 Å². The van der Waals surface area contributed by atoms with Gasteiger partial charge in [-0.25, -0.2) is 4.99 Å². The number of carbonyl (C=O) groups is 1. The predicted octanol–water partition coefficient (Wildman–Crippen LogP) is 3.81. The lowest BCUT2D eigenvalue weighted by Crippen LogP contribution is -2.30. The Hall–Kier alpha value is -2.88. The summed E-state index contributed by atoms with van der Waals surface area (Å²) >= 11 is 0. The Morgan fingerprint density at radius 1 is 1.00 bits per heavy atom. The maximum absolute atomic E-state index is 12.6. The highest BCUT2D eigenvalue weighted by Gasteiger charge is 2.28. The molecule has 4 heteroatoms. The highest BCUT2D eigenvalue weighted by molar-refractivity contribution is 6.28. The first-order valence-corrected chi connectivity index (χ1v) is 7.40. The van der Waals surface area contributed by atoms with E-state index in [1.54, 1.807) is 18.1 Å². The summed E-state index contributed by atoms with van der Waals surface area (Å²) in [7, 11) is 1.63. The van der Waals surface area contributed by atoms with E-state index in [1.165, 1.54) is 0 Å². The molecule has 0 fully saturated rings. The summed E-state index contributed by atoms with van der Waals surface area (Å²) in [5, 5.41) is 0. The number of hydrogen-bond donors (Lipinski definition) is 0. The van der Waals surface area contributed by atoms with Crippen LogP contribution in [0.25, 0.3) is 6.08 Å². The van der Waals surface area contributed by atoms with E-state index in [1.807, 2.05) is 62.4 Å². The van der Waals surface area contributed by atoms with Gasteiger partial charge in [0.1, 0.15) is 17.3 Å². The highest BCUT2D eigenvalue weighted by Crippen LogP contribution is 2.25. The molecule has 1 heterocycles. The van der Waals surface area contributed by atoms with E-state index < -0.39 is 0 Å². The number of methoxy groups -OCH3 is 1. The second kappa shape index (κ2) is 6.08. The number of aliphatic imine (C=N–C) groups is 1. The molecule has 1 amide bonds. The Balaban J connectivity index is 1.89. The second-order valence-corrected chi connectivity index (χ2v) is 5.44. The number of anilines is 1. The molecule has 23 heavy (non-hydrogen) atoms. The van der Waals surface area contributed by atoms with Crippen molar-refractivity contribution in [1.82, 2.24) is 0 Å². The van der Waals surface area contributed by atoms with Crippen LogP contribution in [0.3, 0.4) is 0 Å². The third-order valence-corrected chi connectivity index (χ3v) is 3.74. The molecule has 0 radical (unpaired) electrons. The number of benzene rings is 2. The van der Waals surface area contributed by atoms with E-state index in [0.29, 0.717) is 11.5 Å². The molecule has 0 aromatic heterocycles. The molecule has 0 unspecified atom stereocenters. The molecule has 4 nitrogen and oxygen atoms in total. The average Bonchev–Trinajstić information content (AvgIpc) is 2.83. The summed E-state index contributed by atoms with van der Waals surface area (Å²) in [5.41, 5.74) is 3.34. The molecule has 116 valence electrons. The van der Waals surface area contributed by atoms with Crippen LogP contribution in [0, 0.1) is 6.92 Å². The minimum absolute atomic E-state index is 0.109. The SMILES string of the molecule is COc1ccc(C=C2N=C(C)N(c3ccc(C)cc3)C2=O)cc1. The number of carbonyl (C=O) groups excluding carboxylic acids is 1. The molecule has 2 aromatic rings. The van der Waals surface area contributed by atoms with E-state index >= 15 is 0 Å². The number of ether oxygens (including phenoxy) is 1. The van der Waals surface area contributed by atoms with Gasteiger partial charge in [0.05, 0.1) is 12.8 Å². The summed E-state index contributed by atoms with van der Waals surface area (Å²) in [6, 6.07) is 15.4. The molecule has 0 atom stereocenters. The Labute approximate surface area is 135 Å². The number of hydrogen-bond acceptors (Lipinski definition) is 3. The lowest BCUT2D eigenvalue weighted by atomic mass is 10.1. The number of amides is 1. The fraction of sp³-hybridized carbons (Fsp3) is 0.158. The molecule has 0 saturated carbocycles. The fourth-order valence-electron chi connectivity index (χ4n) is 2.48. The van der Waals surface area contributed by atoms with Crippen molar-refractivity contribution >= 4 is 23.5 Å². The van der Waals surface area contributed by atoms with Crippen molar-refractivity contribution in [3.63, 3.8) is 0 Å². The van der Waals surface area contributed by atoms with Crippen LogP contribution < -0.4 is 9.64 Å². The highest BCUT2D eigenvalue weighted by atomic mass is 16.5. The maximum Gasteiger partial charge on any atom is 0.282 e. The minimum Gasteiger partial charge on any atom is -0.497 e. The van der Waals surface area contributed by atoms with Gasteiger partial charge in [0.15, 0.2) is 0 Å². The first-order valence-electron chi connectivity index (χ1n) is 7.40. The van der Waals surface area contributed by atoms with Gasteiger partial charge < -0.3 is 4.74 Å². The van der Waals surface area contributed by atoms with Crippen LogP contribution >= 0.6 is 0 Å². The van der Waals surface area contributed by atoms with Crippen LogP contribution in [0.4, 0.5) is 5.69 Å². The summed E-state index contributed by atoms with van der Waals surface area (Å²) in [4.78, 5) is 18.7. The normalized spacial score (nSPS) is 16.0. The van der Waals surface area contributed by atoms with E-state index in [9.17, 15) is 4.79 Å². The van der Waals surface area contributed by atoms with Crippen molar-refractivity contribution < 1.29 is 9.53 Å². The van der Waals surface area contributed by atoms with Crippen LogP contribution in [-0.4, -0.2) is 18.9 Å². The Kier molecular flexibility index (Phi) is 3.98. The third-order valence-electron chi connectivity index (χ3n) is 3.74. The first kappa shape index (κ1) is 15.0. The van der Waals surface area contributed by atoms with Gasteiger partial charge in [0.25, 0.3) is 5.91 Å². The molecule has 0 saturated heterocycles. The number of rotatable bonds is 3. The molecular formula is C19H18N2O2. The predicted molar refractivity (Wildman–Crippen MR) is 92.7 cm³/mol. The molecule has 0 bridgehead atoms. The number of aryl methyl sites for hydroxylation is 1. The lowest BCUT2D eigenvalue weighted by molar-refractivity contribution is -0.113.